The summed E-state index contributed by atoms with van der Waals surface area (Å²) < 4.78 is 0. The van der Waals surface area contributed by atoms with Gasteiger partial charge in [-0.05, 0) is 68.3 Å². The Kier molecular flexibility index (Phi) is 4.94. The van der Waals surface area contributed by atoms with Crippen molar-refractivity contribution in [2.45, 2.75) is 38.6 Å². The highest BCUT2D eigenvalue weighted by atomic mass is 35.5. The quantitative estimate of drug-likeness (QED) is 0.859. The van der Waals surface area contributed by atoms with Crippen molar-refractivity contribution >= 4 is 23.2 Å². The fraction of sp³-hybridized carbons (Fsp3) is 0.600. The Morgan fingerprint density at radius 1 is 1.28 bits per heavy atom. The van der Waals surface area contributed by atoms with Crippen molar-refractivity contribution in [2.75, 3.05) is 7.05 Å². The lowest BCUT2D eigenvalue weighted by molar-refractivity contribution is 0.220. The zero-order valence-corrected chi connectivity index (χ0v) is 12.6. The van der Waals surface area contributed by atoms with Gasteiger partial charge in [-0.2, -0.15) is 0 Å². The van der Waals surface area contributed by atoms with Gasteiger partial charge in [0.25, 0.3) is 0 Å². The lowest BCUT2D eigenvalue weighted by atomic mass is 9.76. The summed E-state index contributed by atoms with van der Waals surface area (Å²) in [6.45, 7) is 2.35. The van der Waals surface area contributed by atoms with Crippen LogP contribution in [0, 0.1) is 11.8 Å². The third-order valence-corrected chi connectivity index (χ3v) is 4.71. The molecule has 1 nitrogen and oxygen atoms in total. The van der Waals surface area contributed by atoms with Crippen LogP contribution in [0.15, 0.2) is 18.2 Å². The van der Waals surface area contributed by atoms with Crippen molar-refractivity contribution in [2.24, 2.45) is 11.8 Å². The summed E-state index contributed by atoms with van der Waals surface area (Å²) in [4.78, 5) is 0. The van der Waals surface area contributed by atoms with Crippen LogP contribution in [-0.4, -0.2) is 13.1 Å². The molecule has 0 heterocycles. The van der Waals surface area contributed by atoms with Crippen molar-refractivity contribution < 1.29 is 0 Å². The van der Waals surface area contributed by atoms with Gasteiger partial charge in [-0.25, -0.2) is 0 Å². The van der Waals surface area contributed by atoms with Gasteiger partial charge in [0.2, 0.25) is 0 Å². The minimum atomic E-state index is 0.608. The first-order chi connectivity index (χ1) is 8.60. The second-order valence-electron chi connectivity index (χ2n) is 5.51. The van der Waals surface area contributed by atoms with Crippen LogP contribution in [0.25, 0.3) is 0 Å². The van der Waals surface area contributed by atoms with Crippen molar-refractivity contribution in [1.29, 1.82) is 0 Å². The summed E-state index contributed by atoms with van der Waals surface area (Å²) in [7, 11) is 2.06. The molecular weight excluding hydrogens is 265 g/mol. The highest BCUT2D eigenvalue weighted by molar-refractivity contribution is 6.33. The third kappa shape index (κ3) is 3.40. The molecule has 0 bridgehead atoms. The zero-order chi connectivity index (χ0) is 13.1. The molecule has 0 aromatic heterocycles. The maximum Gasteiger partial charge on any atom is 0.0439 e. The first kappa shape index (κ1) is 14.2. The molecule has 18 heavy (non-hydrogen) atoms. The number of rotatable bonds is 3. The predicted molar refractivity (Wildman–Crippen MR) is 79.5 cm³/mol. The lowest BCUT2D eigenvalue weighted by Gasteiger charge is -2.35. The maximum absolute atomic E-state index is 6.26. The number of hydrogen-bond acceptors (Lipinski definition) is 1. The highest BCUT2D eigenvalue weighted by Gasteiger charge is 2.28. The minimum absolute atomic E-state index is 0.608. The van der Waals surface area contributed by atoms with E-state index in [1.165, 1.54) is 24.8 Å². The Hall–Kier alpha value is -0.240. The van der Waals surface area contributed by atoms with Crippen molar-refractivity contribution in [3.05, 3.63) is 33.8 Å². The van der Waals surface area contributed by atoms with Crippen molar-refractivity contribution in [1.82, 2.24) is 5.32 Å². The molecule has 1 aromatic carbocycles. The van der Waals surface area contributed by atoms with Gasteiger partial charge in [0, 0.05) is 16.1 Å². The number of halogens is 2. The number of hydrogen-bond donors (Lipinski definition) is 1. The SMILES string of the molecule is CNC1CCC(C)CC1Cc1cc(Cl)ccc1Cl. The Labute approximate surface area is 120 Å². The van der Waals surface area contributed by atoms with Crippen LogP contribution >= 0.6 is 23.2 Å². The molecule has 2 rings (SSSR count). The van der Waals surface area contributed by atoms with Crippen LogP contribution in [0.1, 0.15) is 31.7 Å². The van der Waals surface area contributed by atoms with Crippen molar-refractivity contribution in [3.8, 4) is 0 Å². The molecule has 3 heteroatoms. The first-order valence-corrected chi connectivity index (χ1v) is 7.47. The molecule has 0 spiro atoms. The predicted octanol–water partition coefficient (Wildman–Crippen LogP) is 4.56. The van der Waals surface area contributed by atoms with Crippen LogP contribution in [-0.2, 0) is 6.42 Å². The second-order valence-corrected chi connectivity index (χ2v) is 6.36. The monoisotopic (exact) mass is 285 g/mol. The fourth-order valence-electron chi connectivity index (χ4n) is 3.09. The molecule has 0 radical (unpaired) electrons. The highest BCUT2D eigenvalue weighted by Crippen LogP contribution is 2.33. The molecule has 1 aromatic rings. The van der Waals surface area contributed by atoms with Gasteiger partial charge in [0.05, 0.1) is 0 Å². The molecule has 1 N–H and O–H groups in total. The summed E-state index contributed by atoms with van der Waals surface area (Å²) in [5.74, 6) is 1.48. The fourth-order valence-corrected chi connectivity index (χ4v) is 3.48. The topological polar surface area (TPSA) is 12.0 Å². The van der Waals surface area contributed by atoms with Gasteiger partial charge in [0.15, 0.2) is 0 Å². The van der Waals surface area contributed by atoms with Gasteiger partial charge in [0.1, 0.15) is 0 Å². The van der Waals surface area contributed by atoms with E-state index in [2.05, 4.69) is 19.3 Å². The summed E-state index contributed by atoms with van der Waals surface area (Å²) in [5, 5.41) is 5.07. The van der Waals surface area contributed by atoms with Gasteiger partial charge in [-0.15, -0.1) is 0 Å². The molecule has 0 amide bonds. The summed E-state index contributed by atoms with van der Waals surface area (Å²) in [6.07, 6.45) is 4.88. The molecule has 1 aliphatic rings. The standard InChI is InChI=1S/C15H21Cl2N/c1-10-3-6-15(18-2)12(7-10)8-11-9-13(16)4-5-14(11)17/h4-5,9-10,12,15,18H,3,6-8H2,1-2H3. The first-order valence-electron chi connectivity index (χ1n) is 6.71. The third-order valence-electron chi connectivity index (χ3n) is 4.11. The molecule has 0 saturated heterocycles. The van der Waals surface area contributed by atoms with Crippen LogP contribution < -0.4 is 5.32 Å². The van der Waals surface area contributed by atoms with Crippen LogP contribution in [0.5, 0.6) is 0 Å². The Balaban J connectivity index is 2.12. The van der Waals surface area contributed by atoms with Gasteiger partial charge in [-0.1, -0.05) is 30.1 Å². The van der Waals surface area contributed by atoms with Crippen molar-refractivity contribution in [3.63, 3.8) is 0 Å². The van der Waals surface area contributed by atoms with E-state index in [-0.39, 0.29) is 0 Å². The molecule has 100 valence electrons. The van der Waals surface area contributed by atoms with E-state index in [1.54, 1.807) is 0 Å². The molecule has 3 unspecified atom stereocenters. The normalized spacial score (nSPS) is 28.3. The second kappa shape index (κ2) is 6.27. The molecular formula is C15H21Cl2N. The van der Waals surface area contributed by atoms with Crippen LogP contribution in [0.3, 0.4) is 0 Å². The molecule has 1 saturated carbocycles. The van der Waals surface area contributed by atoms with E-state index in [9.17, 15) is 0 Å². The molecule has 3 atom stereocenters. The average molecular weight is 286 g/mol. The smallest absolute Gasteiger partial charge is 0.0439 e. The van der Waals surface area contributed by atoms with Gasteiger partial charge >= 0.3 is 0 Å². The molecule has 0 aliphatic heterocycles. The van der Waals surface area contributed by atoms with E-state index in [1.807, 2.05) is 18.2 Å². The van der Waals surface area contributed by atoms with E-state index < -0.39 is 0 Å². The lowest BCUT2D eigenvalue weighted by Crippen LogP contribution is -2.39. The average Bonchev–Trinajstić information content (AvgIpc) is 2.34. The van der Waals surface area contributed by atoms with Crippen LogP contribution in [0.2, 0.25) is 10.0 Å². The van der Waals surface area contributed by atoms with E-state index in [0.717, 1.165) is 22.4 Å². The van der Waals surface area contributed by atoms with Gasteiger partial charge < -0.3 is 5.32 Å². The van der Waals surface area contributed by atoms with E-state index in [4.69, 9.17) is 23.2 Å². The van der Waals surface area contributed by atoms with E-state index in [0.29, 0.717) is 12.0 Å². The number of benzene rings is 1. The zero-order valence-electron chi connectivity index (χ0n) is 11.0. The maximum atomic E-state index is 6.26. The number of nitrogens with one attached hydrogen (secondary N) is 1. The largest absolute Gasteiger partial charge is 0.317 e. The Morgan fingerprint density at radius 2 is 2.06 bits per heavy atom. The van der Waals surface area contributed by atoms with E-state index >= 15 is 0 Å². The Bertz CT molecular complexity index is 405. The molecule has 1 fully saturated rings. The Morgan fingerprint density at radius 3 is 2.78 bits per heavy atom. The summed E-state index contributed by atoms with van der Waals surface area (Å²) >= 11 is 12.3. The van der Waals surface area contributed by atoms with Crippen LogP contribution in [0.4, 0.5) is 0 Å². The summed E-state index contributed by atoms with van der Waals surface area (Å²) in [5.41, 5.74) is 1.18. The minimum Gasteiger partial charge on any atom is -0.317 e. The summed E-state index contributed by atoms with van der Waals surface area (Å²) in [6, 6.07) is 6.37. The van der Waals surface area contributed by atoms with Gasteiger partial charge in [-0.3, -0.25) is 0 Å². The molecule has 1 aliphatic carbocycles.